The van der Waals surface area contributed by atoms with Gasteiger partial charge >= 0.3 is 0 Å². The molecule has 0 bridgehead atoms. The van der Waals surface area contributed by atoms with Gasteiger partial charge in [0.05, 0.1) is 0 Å². The first-order chi connectivity index (χ1) is 21.9. The fourth-order valence-electron chi connectivity index (χ4n) is 5.24. The van der Waals surface area contributed by atoms with Gasteiger partial charge in [-0.25, -0.2) is 0 Å². The minimum absolute atomic E-state index is 0.259. The standard InChI is InChI=1S/C41H69NO3/c1-5-8-10-12-14-16-18-20-22-24-26-28-30-32-34-36-39(43)41(45,42(4)38-7-3)40(44)37-35-33-31-29-27-25-23-21-19-17-15-13-11-9-6-2/h8-11,14-17,20-23,45H,5-7,12-13,18-19,24-38H2,1-4H3/b10-8-,11-9-,16-14-,17-15-,22-20-,23-21-. The summed E-state index contributed by atoms with van der Waals surface area (Å²) >= 11 is 0. The van der Waals surface area contributed by atoms with Crippen LogP contribution >= 0.6 is 0 Å². The average molecular weight is 624 g/mol. The number of nitrogens with zero attached hydrogens (tertiary/aromatic N) is 1. The highest BCUT2D eigenvalue weighted by atomic mass is 16.3. The third kappa shape index (κ3) is 23.7. The van der Waals surface area contributed by atoms with Gasteiger partial charge in [-0.1, -0.05) is 132 Å². The molecule has 0 aromatic carbocycles. The molecule has 0 aliphatic rings. The monoisotopic (exact) mass is 624 g/mol. The second-order valence-electron chi connectivity index (χ2n) is 12.1. The Morgan fingerprint density at radius 3 is 1.22 bits per heavy atom. The fourth-order valence-corrected chi connectivity index (χ4v) is 5.24. The van der Waals surface area contributed by atoms with Crippen molar-refractivity contribution >= 4 is 11.6 Å². The van der Waals surface area contributed by atoms with Crippen LogP contribution in [0.2, 0.25) is 0 Å². The normalized spacial score (nSPS) is 13.0. The van der Waals surface area contributed by atoms with E-state index in [1.807, 2.05) is 6.92 Å². The highest BCUT2D eigenvalue weighted by Crippen LogP contribution is 2.22. The summed E-state index contributed by atoms with van der Waals surface area (Å²) in [6.07, 6.45) is 46.4. The molecule has 0 fully saturated rings. The zero-order valence-corrected chi connectivity index (χ0v) is 29.7. The lowest BCUT2D eigenvalue weighted by atomic mass is 9.92. The van der Waals surface area contributed by atoms with Crippen LogP contribution in [0.15, 0.2) is 72.9 Å². The topological polar surface area (TPSA) is 57.6 Å². The van der Waals surface area contributed by atoms with E-state index in [0.29, 0.717) is 6.54 Å². The van der Waals surface area contributed by atoms with E-state index in [0.717, 1.165) is 122 Å². The van der Waals surface area contributed by atoms with Gasteiger partial charge in [-0.3, -0.25) is 14.5 Å². The lowest BCUT2D eigenvalue weighted by Crippen LogP contribution is -2.59. The maximum atomic E-state index is 13.2. The lowest BCUT2D eigenvalue weighted by molar-refractivity contribution is -0.170. The Balaban J connectivity index is 4.23. The molecule has 0 amide bonds. The first-order valence-electron chi connectivity index (χ1n) is 18.3. The number of allylic oxidation sites excluding steroid dienone is 12. The molecule has 4 nitrogen and oxygen atoms in total. The molecule has 0 aliphatic heterocycles. The van der Waals surface area contributed by atoms with Crippen molar-refractivity contribution in [2.45, 2.75) is 161 Å². The molecule has 0 atom stereocenters. The first kappa shape index (κ1) is 42.7. The molecular formula is C41H69NO3. The van der Waals surface area contributed by atoms with Crippen molar-refractivity contribution in [2.24, 2.45) is 0 Å². The summed E-state index contributed by atoms with van der Waals surface area (Å²) in [6.45, 7) is 6.82. The van der Waals surface area contributed by atoms with Crippen LogP contribution in [0.3, 0.4) is 0 Å². The van der Waals surface area contributed by atoms with Gasteiger partial charge in [0.1, 0.15) is 0 Å². The molecule has 0 saturated heterocycles. The van der Waals surface area contributed by atoms with Crippen molar-refractivity contribution in [2.75, 3.05) is 13.6 Å². The number of aliphatic hydroxyl groups is 1. The number of rotatable bonds is 31. The van der Waals surface area contributed by atoms with Crippen molar-refractivity contribution in [3.8, 4) is 0 Å². The first-order valence-corrected chi connectivity index (χ1v) is 18.3. The third-order valence-electron chi connectivity index (χ3n) is 8.00. The summed E-state index contributed by atoms with van der Waals surface area (Å²) < 4.78 is 0. The minimum Gasteiger partial charge on any atom is -0.363 e. The number of carbonyl (C=O) groups excluding carboxylic acids is 2. The van der Waals surface area contributed by atoms with Crippen LogP contribution in [0.5, 0.6) is 0 Å². The molecule has 0 unspecified atom stereocenters. The largest absolute Gasteiger partial charge is 0.363 e. The van der Waals surface area contributed by atoms with Gasteiger partial charge in [0.25, 0.3) is 0 Å². The molecule has 0 rings (SSSR count). The van der Waals surface area contributed by atoms with E-state index in [-0.39, 0.29) is 24.4 Å². The second kappa shape index (κ2) is 31.7. The summed E-state index contributed by atoms with van der Waals surface area (Å²) in [5.41, 5.74) is -1.98. The van der Waals surface area contributed by atoms with Crippen LogP contribution in [0.4, 0.5) is 0 Å². The molecule has 0 aliphatic carbocycles. The summed E-state index contributed by atoms with van der Waals surface area (Å²) in [5.74, 6) is -0.660. The minimum atomic E-state index is -1.98. The Labute approximate surface area is 278 Å². The lowest BCUT2D eigenvalue weighted by Gasteiger charge is -2.34. The Kier molecular flexibility index (Phi) is 30.1. The smallest absolute Gasteiger partial charge is 0.238 e. The summed E-state index contributed by atoms with van der Waals surface area (Å²) in [5, 5.41) is 11.4. The summed E-state index contributed by atoms with van der Waals surface area (Å²) in [4.78, 5) is 27.9. The van der Waals surface area contributed by atoms with E-state index in [1.54, 1.807) is 11.9 Å². The van der Waals surface area contributed by atoms with E-state index < -0.39 is 5.72 Å². The highest BCUT2D eigenvalue weighted by molar-refractivity contribution is 6.09. The zero-order valence-electron chi connectivity index (χ0n) is 29.7. The summed E-state index contributed by atoms with van der Waals surface area (Å²) in [6, 6.07) is 0. The molecular weight excluding hydrogens is 554 g/mol. The van der Waals surface area contributed by atoms with Gasteiger partial charge in [-0.05, 0) is 90.5 Å². The number of likely N-dealkylation sites (N-methyl/N-ethyl adjacent to an activating group) is 1. The van der Waals surface area contributed by atoms with Gasteiger partial charge in [0, 0.05) is 19.4 Å². The molecule has 0 spiro atoms. The Hall–Kier alpha value is -2.30. The third-order valence-corrected chi connectivity index (χ3v) is 8.00. The number of Topliss-reactive ketones (excluding diaryl/α,β-unsaturated/α-hetero) is 2. The fraction of sp³-hybridized carbons (Fsp3) is 0.659. The highest BCUT2D eigenvalue weighted by Gasteiger charge is 2.45. The Bertz CT molecular complexity index is 828. The van der Waals surface area contributed by atoms with E-state index >= 15 is 0 Å². The van der Waals surface area contributed by atoms with Crippen LogP contribution in [0, 0.1) is 0 Å². The van der Waals surface area contributed by atoms with Gasteiger partial charge in [-0.2, -0.15) is 0 Å². The molecule has 256 valence electrons. The molecule has 0 heterocycles. The molecule has 0 radical (unpaired) electrons. The van der Waals surface area contributed by atoms with Gasteiger partial charge in [0.15, 0.2) is 11.6 Å². The van der Waals surface area contributed by atoms with Crippen LogP contribution in [0.25, 0.3) is 0 Å². The summed E-state index contributed by atoms with van der Waals surface area (Å²) in [7, 11) is 1.71. The van der Waals surface area contributed by atoms with Gasteiger partial charge in [0.2, 0.25) is 5.72 Å². The molecule has 1 N–H and O–H groups in total. The zero-order chi connectivity index (χ0) is 33.3. The second-order valence-corrected chi connectivity index (χ2v) is 12.1. The number of hydrogen-bond acceptors (Lipinski definition) is 4. The molecule has 0 aromatic heterocycles. The van der Waals surface area contributed by atoms with Crippen molar-refractivity contribution < 1.29 is 14.7 Å². The average Bonchev–Trinajstić information content (AvgIpc) is 3.04. The molecule has 0 saturated carbocycles. The SMILES string of the molecule is CC/C=C\C/C=C\C/C=C\CCCCCCCC(=O)C(O)(C(=O)CCCCCCC/C=C\C/C=C\C/C=C\CC)N(C)CCC. The number of ketones is 2. The maximum absolute atomic E-state index is 13.2. The molecule has 45 heavy (non-hydrogen) atoms. The number of carbonyl (C=O) groups is 2. The predicted molar refractivity (Wildman–Crippen MR) is 196 cm³/mol. The van der Waals surface area contributed by atoms with Crippen LogP contribution in [0.1, 0.15) is 156 Å². The van der Waals surface area contributed by atoms with Gasteiger partial charge < -0.3 is 5.11 Å². The van der Waals surface area contributed by atoms with E-state index in [4.69, 9.17) is 0 Å². The number of unbranched alkanes of at least 4 members (excludes halogenated alkanes) is 10. The predicted octanol–water partition coefficient (Wildman–Crippen LogP) is 11.3. The van der Waals surface area contributed by atoms with Crippen molar-refractivity contribution in [3.05, 3.63) is 72.9 Å². The van der Waals surface area contributed by atoms with Crippen LogP contribution < -0.4 is 0 Å². The van der Waals surface area contributed by atoms with E-state index in [1.165, 1.54) is 0 Å². The van der Waals surface area contributed by atoms with Crippen molar-refractivity contribution in [1.29, 1.82) is 0 Å². The molecule has 0 aromatic rings. The maximum Gasteiger partial charge on any atom is 0.238 e. The van der Waals surface area contributed by atoms with E-state index in [9.17, 15) is 14.7 Å². The van der Waals surface area contributed by atoms with Crippen LogP contribution in [-0.2, 0) is 9.59 Å². The van der Waals surface area contributed by atoms with Crippen LogP contribution in [-0.4, -0.2) is 40.9 Å². The Morgan fingerprint density at radius 2 is 0.844 bits per heavy atom. The van der Waals surface area contributed by atoms with Crippen molar-refractivity contribution in [3.63, 3.8) is 0 Å². The Morgan fingerprint density at radius 1 is 0.511 bits per heavy atom. The van der Waals surface area contributed by atoms with Crippen molar-refractivity contribution in [1.82, 2.24) is 4.90 Å². The number of hydrogen-bond donors (Lipinski definition) is 1. The quantitative estimate of drug-likeness (QED) is 0.0361. The van der Waals surface area contributed by atoms with E-state index in [2.05, 4.69) is 86.8 Å². The van der Waals surface area contributed by atoms with Gasteiger partial charge in [-0.15, -0.1) is 0 Å². The molecule has 4 heteroatoms.